The molecule has 8 heteroatoms. The van der Waals surface area contributed by atoms with Gasteiger partial charge in [0.15, 0.2) is 11.0 Å². The number of aryl methyl sites for hydroxylation is 1. The number of nitrogens with zero attached hydrogens (tertiary/aromatic N) is 3. The molecule has 31 heavy (non-hydrogen) atoms. The van der Waals surface area contributed by atoms with Gasteiger partial charge in [-0.05, 0) is 24.6 Å². The monoisotopic (exact) mass is 435 g/mol. The molecule has 0 bridgehead atoms. The van der Waals surface area contributed by atoms with Crippen LogP contribution in [0.4, 0.5) is 0 Å². The quantitative estimate of drug-likeness (QED) is 0.377. The Balaban J connectivity index is 1.55. The molecule has 0 fully saturated rings. The smallest absolute Gasteiger partial charge is 0.251 e. The third-order valence-electron chi connectivity index (χ3n) is 4.49. The van der Waals surface area contributed by atoms with Crippen LogP contribution >= 0.6 is 11.8 Å². The van der Waals surface area contributed by atoms with Crippen LogP contribution in [-0.4, -0.2) is 32.3 Å². The number of hydrogen-bond donors (Lipinski definition) is 2. The average molecular weight is 436 g/mol. The van der Waals surface area contributed by atoms with Gasteiger partial charge in [-0.15, -0.1) is 16.8 Å². The van der Waals surface area contributed by atoms with E-state index in [0.717, 1.165) is 11.1 Å². The van der Waals surface area contributed by atoms with Crippen molar-refractivity contribution in [2.24, 2.45) is 0 Å². The minimum Gasteiger partial charge on any atom is -0.351 e. The second-order valence-corrected chi connectivity index (χ2v) is 7.84. The molecule has 0 aliphatic heterocycles. The Labute approximate surface area is 186 Å². The maximum atomic E-state index is 12.4. The summed E-state index contributed by atoms with van der Waals surface area (Å²) in [7, 11) is 0. The van der Waals surface area contributed by atoms with E-state index in [1.54, 1.807) is 18.2 Å². The van der Waals surface area contributed by atoms with Crippen LogP contribution < -0.4 is 10.6 Å². The van der Waals surface area contributed by atoms with E-state index in [4.69, 9.17) is 0 Å². The molecule has 0 spiro atoms. The van der Waals surface area contributed by atoms with E-state index in [1.165, 1.54) is 11.8 Å². The Hall–Kier alpha value is -3.39. The van der Waals surface area contributed by atoms with Crippen LogP contribution in [0, 0.1) is 6.92 Å². The lowest BCUT2D eigenvalue weighted by Crippen LogP contribution is -2.25. The van der Waals surface area contributed by atoms with Crippen molar-refractivity contribution < 1.29 is 9.59 Å². The molecular formula is C23H25N5O2S. The third-order valence-corrected chi connectivity index (χ3v) is 5.46. The zero-order chi connectivity index (χ0) is 22.1. The molecule has 0 saturated carbocycles. The van der Waals surface area contributed by atoms with Gasteiger partial charge in [-0.3, -0.25) is 9.59 Å². The Bertz CT molecular complexity index is 1030. The SMILES string of the molecule is C=CCn1c(CNC(=O)c2ccc(C)cc2)nnc1SCC(=O)NCc1ccccc1. The van der Waals surface area contributed by atoms with Crippen LogP contribution in [0.1, 0.15) is 27.3 Å². The summed E-state index contributed by atoms with van der Waals surface area (Å²) in [6.07, 6.45) is 1.73. The van der Waals surface area contributed by atoms with E-state index < -0.39 is 0 Å². The molecule has 0 saturated heterocycles. The zero-order valence-electron chi connectivity index (χ0n) is 17.4. The van der Waals surface area contributed by atoms with Gasteiger partial charge in [-0.1, -0.05) is 65.9 Å². The van der Waals surface area contributed by atoms with Gasteiger partial charge in [-0.2, -0.15) is 0 Å². The van der Waals surface area contributed by atoms with Crippen molar-refractivity contribution in [3.8, 4) is 0 Å². The minimum atomic E-state index is -0.178. The van der Waals surface area contributed by atoms with E-state index in [9.17, 15) is 9.59 Å². The summed E-state index contributed by atoms with van der Waals surface area (Å²) in [6, 6.07) is 17.1. The highest BCUT2D eigenvalue weighted by Crippen LogP contribution is 2.17. The molecular weight excluding hydrogens is 410 g/mol. The highest BCUT2D eigenvalue weighted by Gasteiger charge is 2.15. The fraction of sp³-hybridized carbons (Fsp3) is 0.217. The van der Waals surface area contributed by atoms with Crippen molar-refractivity contribution in [3.05, 3.63) is 89.8 Å². The molecule has 0 aliphatic carbocycles. The fourth-order valence-electron chi connectivity index (χ4n) is 2.81. The molecule has 7 nitrogen and oxygen atoms in total. The van der Waals surface area contributed by atoms with Crippen LogP contribution in [0.3, 0.4) is 0 Å². The summed E-state index contributed by atoms with van der Waals surface area (Å²) in [4.78, 5) is 24.6. The Morgan fingerprint density at radius 3 is 2.48 bits per heavy atom. The van der Waals surface area contributed by atoms with Crippen LogP contribution in [0.5, 0.6) is 0 Å². The maximum Gasteiger partial charge on any atom is 0.251 e. The van der Waals surface area contributed by atoms with Crippen LogP contribution in [0.2, 0.25) is 0 Å². The van der Waals surface area contributed by atoms with E-state index in [-0.39, 0.29) is 24.1 Å². The molecule has 0 unspecified atom stereocenters. The number of amides is 2. The lowest BCUT2D eigenvalue weighted by atomic mass is 10.1. The van der Waals surface area contributed by atoms with Crippen molar-refractivity contribution in [2.75, 3.05) is 5.75 Å². The molecule has 0 radical (unpaired) electrons. The molecule has 2 amide bonds. The van der Waals surface area contributed by atoms with Gasteiger partial charge in [0.05, 0.1) is 12.3 Å². The van der Waals surface area contributed by atoms with Gasteiger partial charge >= 0.3 is 0 Å². The molecule has 1 heterocycles. The second kappa shape index (κ2) is 11.1. The first-order valence-corrected chi connectivity index (χ1v) is 10.9. The molecule has 3 rings (SSSR count). The number of aromatic nitrogens is 3. The van der Waals surface area contributed by atoms with Crippen LogP contribution in [-0.2, 0) is 24.4 Å². The van der Waals surface area contributed by atoms with E-state index in [2.05, 4.69) is 27.4 Å². The number of benzene rings is 2. The lowest BCUT2D eigenvalue weighted by molar-refractivity contribution is -0.118. The van der Waals surface area contributed by atoms with Gasteiger partial charge in [0, 0.05) is 18.7 Å². The Morgan fingerprint density at radius 1 is 1.03 bits per heavy atom. The fourth-order valence-corrected chi connectivity index (χ4v) is 3.61. The lowest BCUT2D eigenvalue weighted by Gasteiger charge is -2.09. The summed E-state index contributed by atoms with van der Waals surface area (Å²) in [5.74, 6) is 0.559. The summed E-state index contributed by atoms with van der Waals surface area (Å²) >= 11 is 1.30. The van der Waals surface area contributed by atoms with Crippen LogP contribution in [0.15, 0.2) is 72.4 Å². The van der Waals surface area contributed by atoms with Gasteiger partial charge in [-0.25, -0.2) is 0 Å². The Kier molecular flexibility index (Phi) is 8.00. The summed E-state index contributed by atoms with van der Waals surface area (Å²) in [5.41, 5.74) is 2.73. The molecule has 2 N–H and O–H groups in total. The largest absolute Gasteiger partial charge is 0.351 e. The van der Waals surface area contributed by atoms with E-state index in [1.807, 2.05) is 54.0 Å². The van der Waals surface area contributed by atoms with Crippen molar-refractivity contribution in [3.63, 3.8) is 0 Å². The molecule has 0 aliphatic rings. The second-order valence-electron chi connectivity index (χ2n) is 6.90. The minimum absolute atomic E-state index is 0.0868. The topological polar surface area (TPSA) is 88.9 Å². The number of thioether (sulfide) groups is 1. The average Bonchev–Trinajstić information content (AvgIpc) is 3.17. The number of carbonyl (C=O) groups excluding carboxylic acids is 2. The van der Waals surface area contributed by atoms with Crippen LogP contribution in [0.25, 0.3) is 0 Å². The summed E-state index contributed by atoms with van der Waals surface area (Å²) < 4.78 is 1.84. The molecule has 1 aromatic heterocycles. The zero-order valence-corrected chi connectivity index (χ0v) is 18.2. The highest BCUT2D eigenvalue weighted by atomic mass is 32.2. The number of rotatable bonds is 10. The van der Waals surface area contributed by atoms with Gasteiger partial charge in [0.1, 0.15) is 0 Å². The first-order chi connectivity index (χ1) is 15.1. The number of hydrogen-bond acceptors (Lipinski definition) is 5. The number of carbonyl (C=O) groups is 2. The van der Waals surface area contributed by atoms with Gasteiger partial charge < -0.3 is 15.2 Å². The van der Waals surface area contributed by atoms with Crippen molar-refractivity contribution in [1.82, 2.24) is 25.4 Å². The van der Waals surface area contributed by atoms with Crippen molar-refractivity contribution in [2.45, 2.75) is 31.7 Å². The molecule has 2 aromatic carbocycles. The first kappa shape index (κ1) is 22.3. The highest BCUT2D eigenvalue weighted by molar-refractivity contribution is 7.99. The summed E-state index contributed by atoms with van der Waals surface area (Å²) in [6.45, 7) is 6.94. The van der Waals surface area contributed by atoms with E-state index >= 15 is 0 Å². The van der Waals surface area contributed by atoms with Gasteiger partial charge in [0.25, 0.3) is 5.91 Å². The molecule has 160 valence electrons. The van der Waals surface area contributed by atoms with E-state index in [0.29, 0.717) is 29.6 Å². The Morgan fingerprint density at radius 2 is 1.77 bits per heavy atom. The standard InChI is InChI=1S/C23H25N5O2S/c1-3-13-28-20(15-25-22(30)19-11-9-17(2)10-12-19)26-27-23(28)31-16-21(29)24-14-18-7-5-4-6-8-18/h3-12H,1,13-16H2,2H3,(H,24,29)(H,25,30). The third kappa shape index (κ3) is 6.55. The predicted molar refractivity (Wildman–Crippen MR) is 122 cm³/mol. The first-order valence-electron chi connectivity index (χ1n) is 9.88. The number of nitrogens with one attached hydrogen (secondary N) is 2. The predicted octanol–water partition coefficient (Wildman–Crippen LogP) is 3.11. The van der Waals surface area contributed by atoms with Gasteiger partial charge in [0.2, 0.25) is 5.91 Å². The number of allylic oxidation sites excluding steroid dienone is 1. The molecule has 0 atom stereocenters. The van der Waals surface area contributed by atoms with Crippen molar-refractivity contribution in [1.29, 1.82) is 0 Å². The molecule has 3 aromatic rings. The normalized spacial score (nSPS) is 10.5. The summed E-state index contributed by atoms with van der Waals surface area (Å²) in [5, 5.41) is 14.7. The maximum absolute atomic E-state index is 12.4. The van der Waals surface area contributed by atoms with Crippen molar-refractivity contribution >= 4 is 23.6 Å².